The predicted octanol–water partition coefficient (Wildman–Crippen LogP) is 3.72. The highest BCUT2D eigenvalue weighted by atomic mass is 32.2. The van der Waals surface area contributed by atoms with Gasteiger partial charge in [0.15, 0.2) is 0 Å². The van der Waals surface area contributed by atoms with Gasteiger partial charge >= 0.3 is 24.2 Å². The molecule has 2 aromatic rings. The molecule has 0 bridgehead atoms. The van der Waals surface area contributed by atoms with E-state index in [0.717, 1.165) is 4.90 Å². The number of carboxylic acid groups (broad SMARTS) is 1. The minimum absolute atomic E-state index is 0.0381. The average molecular weight is 957 g/mol. The lowest BCUT2D eigenvalue weighted by Gasteiger charge is -2.46. The van der Waals surface area contributed by atoms with E-state index in [2.05, 4.69) is 10.2 Å². The summed E-state index contributed by atoms with van der Waals surface area (Å²) in [7, 11) is 1.43. The Morgan fingerprint density at radius 2 is 1.53 bits per heavy atom. The molecule has 6 amide bonds. The summed E-state index contributed by atoms with van der Waals surface area (Å²) in [6, 6.07) is 9.97. The number of nitro groups is 2. The van der Waals surface area contributed by atoms with Crippen molar-refractivity contribution < 1.29 is 58.3 Å². The number of β-lactam (4-membered cyclic amide) rings is 1. The van der Waals surface area contributed by atoms with Crippen molar-refractivity contribution in [1.29, 1.82) is 0 Å². The number of thioether (sulfide) groups is 2. The van der Waals surface area contributed by atoms with Gasteiger partial charge in [-0.3, -0.25) is 39.6 Å². The maximum Gasteiger partial charge on any atom is 0.410 e. The van der Waals surface area contributed by atoms with E-state index in [-0.39, 0.29) is 66.4 Å². The highest BCUT2D eigenvalue weighted by Gasteiger charge is 2.60. The number of nitrogens with one attached hydrogen (secondary N) is 1. The number of non-ortho nitro benzene ring substituents is 2. The average Bonchev–Trinajstić information content (AvgIpc) is 3.81. The minimum atomic E-state index is -1.25. The van der Waals surface area contributed by atoms with E-state index >= 15 is 0 Å². The van der Waals surface area contributed by atoms with Crippen molar-refractivity contribution in [2.24, 2.45) is 11.8 Å². The summed E-state index contributed by atoms with van der Waals surface area (Å²) in [6.45, 7) is 5.89. The number of carbonyl (C=O) groups is 6. The lowest BCUT2D eigenvalue weighted by Crippen LogP contribution is -2.63. The molecule has 6 rings (SSSR count). The molecular formula is C42H52N8O14S2. The maximum atomic E-state index is 13.6. The summed E-state index contributed by atoms with van der Waals surface area (Å²) in [5.41, 5.74) is 0.852. The molecule has 6 atom stereocenters. The Hall–Kier alpha value is -5.98. The number of aliphatic hydroxyl groups excluding tert-OH is 1. The summed E-state index contributed by atoms with van der Waals surface area (Å²) in [4.78, 5) is 106. The first-order chi connectivity index (χ1) is 31.4. The van der Waals surface area contributed by atoms with Gasteiger partial charge in [0.2, 0.25) is 11.8 Å². The number of hydrogen-bond acceptors (Lipinski definition) is 16. The number of carboxylic acids is 1. The number of likely N-dealkylation sites (tertiary alicyclic amines) is 1. The number of hydrogen-bond donors (Lipinski definition) is 3. The summed E-state index contributed by atoms with van der Waals surface area (Å²) in [5, 5.41) is 44.7. The molecule has 3 saturated heterocycles. The van der Waals surface area contributed by atoms with Crippen LogP contribution in [0.4, 0.5) is 25.8 Å². The molecule has 1 unspecified atom stereocenters. The number of nitrogens with zero attached hydrogens (tertiary/aromatic N) is 7. The second-order valence-electron chi connectivity index (χ2n) is 16.3. The van der Waals surface area contributed by atoms with Gasteiger partial charge in [-0.2, -0.15) is 11.8 Å². The monoisotopic (exact) mass is 956 g/mol. The van der Waals surface area contributed by atoms with Crippen LogP contribution in [0.5, 0.6) is 0 Å². The molecule has 3 N–H and O–H groups in total. The number of imide groups is 1. The van der Waals surface area contributed by atoms with Gasteiger partial charge in [0.05, 0.1) is 27.9 Å². The Labute approximate surface area is 387 Å². The van der Waals surface area contributed by atoms with Crippen molar-refractivity contribution in [1.82, 2.24) is 29.8 Å². The van der Waals surface area contributed by atoms with Crippen LogP contribution < -0.4 is 5.32 Å². The molecule has 24 heteroatoms. The molecule has 3 fully saturated rings. The second-order valence-corrected chi connectivity index (χ2v) is 18.8. The van der Waals surface area contributed by atoms with Crippen LogP contribution in [0.1, 0.15) is 37.8 Å². The van der Waals surface area contributed by atoms with E-state index in [1.54, 1.807) is 9.80 Å². The smallest absolute Gasteiger partial charge is 0.410 e. The first-order valence-electron chi connectivity index (χ1n) is 21.3. The summed E-state index contributed by atoms with van der Waals surface area (Å²) < 4.78 is 10.8. The predicted molar refractivity (Wildman–Crippen MR) is 239 cm³/mol. The molecule has 66 heavy (non-hydrogen) atoms. The molecule has 356 valence electrons. The zero-order chi connectivity index (χ0) is 47.8. The van der Waals surface area contributed by atoms with E-state index in [1.165, 1.54) is 90.9 Å². The SMILES string of the molecule is CC(O)[C@@H]1C(=O)N2C(C(=O)O)=C(S[C@H]3C[C@@H](CSCCC(=O)N(C)C(=O)N4CCN(CCNC(=O)OCc5ccc([N+](=O)[O-])cc5)CC4)N(C(=O)OCc4ccc([N+](=O)[O-])cc4)C3)[C@H](C)[C@H]12. The molecule has 4 aliphatic heterocycles. The van der Waals surface area contributed by atoms with Crippen molar-refractivity contribution in [2.45, 2.75) is 63.3 Å². The van der Waals surface area contributed by atoms with Gasteiger partial charge in [-0.05, 0) is 48.7 Å². The third-order valence-corrected chi connectivity index (χ3v) is 14.6. The second kappa shape index (κ2) is 22.0. The molecule has 22 nitrogen and oxygen atoms in total. The number of benzene rings is 2. The number of aliphatic hydroxyl groups is 1. The molecule has 0 radical (unpaired) electrons. The van der Waals surface area contributed by atoms with Crippen molar-refractivity contribution in [3.8, 4) is 0 Å². The number of piperazine rings is 1. The summed E-state index contributed by atoms with van der Waals surface area (Å²) in [6.07, 6.45) is -1.75. The number of ether oxygens (including phenoxy) is 2. The van der Waals surface area contributed by atoms with Crippen LogP contribution >= 0.6 is 23.5 Å². The van der Waals surface area contributed by atoms with Crippen molar-refractivity contribution in [3.63, 3.8) is 0 Å². The lowest BCUT2D eigenvalue weighted by atomic mass is 9.79. The number of nitro benzene ring substituents is 2. The number of amides is 6. The van der Waals surface area contributed by atoms with Crippen LogP contribution in [0.15, 0.2) is 59.1 Å². The first kappa shape index (κ1) is 49.5. The van der Waals surface area contributed by atoms with Gasteiger partial charge in [0.25, 0.3) is 11.4 Å². The van der Waals surface area contributed by atoms with Gasteiger partial charge in [0, 0.05) is 117 Å². The summed E-state index contributed by atoms with van der Waals surface area (Å²) in [5.74, 6) is -2.45. The van der Waals surface area contributed by atoms with Crippen LogP contribution in [-0.2, 0) is 37.1 Å². The van der Waals surface area contributed by atoms with Crippen LogP contribution in [0.3, 0.4) is 0 Å². The minimum Gasteiger partial charge on any atom is -0.477 e. The van der Waals surface area contributed by atoms with E-state index in [0.29, 0.717) is 73.2 Å². The highest BCUT2D eigenvalue weighted by Crippen LogP contribution is 2.52. The third kappa shape index (κ3) is 11.7. The molecular weight excluding hydrogens is 905 g/mol. The fourth-order valence-electron chi connectivity index (χ4n) is 8.40. The maximum absolute atomic E-state index is 13.6. The highest BCUT2D eigenvalue weighted by molar-refractivity contribution is 8.03. The Morgan fingerprint density at radius 1 is 0.939 bits per heavy atom. The fourth-order valence-corrected chi connectivity index (χ4v) is 11.0. The lowest BCUT2D eigenvalue weighted by molar-refractivity contribution is -0.385. The Bertz CT molecular complexity index is 2210. The van der Waals surface area contributed by atoms with Crippen LogP contribution in [0, 0.1) is 32.1 Å². The largest absolute Gasteiger partial charge is 0.477 e. The van der Waals surface area contributed by atoms with Crippen LogP contribution in [0.2, 0.25) is 0 Å². The van der Waals surface area contributed by atoms with Crippen molar-refractivity contribution in [3.05, 3.63) is 90.5 Å². The number of aliphatic carboxylic acids is 1. The van der Waals surface area contributed by atoms with E-state index in [4.69, 9.17) is 9.47 Å². The van der Waals surface area contributed by atoms with Crippen molar-refractivity contribution >= 4 is 70.9 Å². The van der Waals surface area contributed by atoms with E-state index in [9.17, 15) is 59.2 Å². The molecule has 0 saturated carbocycles. The Balaban J connectivity index is 0.960. The normalized spacial score (nSPS) is 22.0. The zero-order valence-electron chi connectivity index (χ0n) is 36.5. The molecule has 0 spiro atoms. The van der Waals surface area contributed by atoms with Gasteiger partial charge in [-0.15, -0.1) is 11.8 Å². The molecule has 4 aliphatic rings. The van der Waals surface area contributed by atoms with Gasteiger partial charge in [0.1, 0.15) is 18.9 Å². The summed E-state index contributed by atoms with van der Waals surface area (Å²) >= 11 is 2.71. The van der Waals surface area contributed by atoms with Crippen molar-refractivity contribution in [2.75, 3.05) is 64.4 Å². The molecule has 4 heterocycles. The number of rotatable bonds is 18. The van der Waals surface area contributed by atoms with Crippen LogP contribution in [0.25, 0.3) is 0 Å². The molecule has 2 aromatic carbocycles. The fraction of sp³-hybridized carbons (Fsp3) is 0.524. The van der Waals surface area contributed by atoms with Gasteiger partial charge in [-0.25, -0.2) is 19.2 Å². The standard InChI is InChI=1S/C42H52N8O14S2/c1-25-35-34(26(2)51)38(53)48(35)36(39(54)55)37(25)66-32-20-31(47(21-32)42(58)64-23-28-6-10-30(11-7-28)50(61)62)24-65-19-12-33(52)44(3)41(57)46-17-15-45(16-18-46)14-13-43-40(56)63-22-27-4-8-29(9-5-27)49(59)60/h4-11,25-26,31-32,34-35,51H,12-24H2,1-3H3,(H,43,56)(H,54,55)/t25-,26?,31+,32+,34+,35-/m1/s1. The molecule has 0 aromatic heterocycles. The number of fused-ring (bicyclic) bond motifs is 1. The number of alkyl carbamates (subject to hydrolysis) is 1. The topological polar surface area (TPSA) is 276 Å². The third-order valence-electron chi connectivity index (χ3n) is 12.0. The Morgan fingerprint density at radius 3 is 2.09 bits per heavy atom. The van der Waals surface area contributed by atoms with E-state index in [1.807, 2.05) is 6.92 Å². The van der Waals surface area contributed by atoms with Gasteiger partial charge < -0.3 is 39.7 Å². The van der Waals surface area contributed by atoms with Gasteiger partial charge in [-0.1, -0.05) is 6.92 Å². The molecule has 0 aliphatic carbocycles. The Kier molecular flexibility index (Phi) is 16.5. The number of carbonyl (C=O) groups excluding carboxylic acids is 5. The van der Waals surface area contributed by atoms with Crippen LogP contribution in [-0.4, -0.2) is 168 Å². The zero-order valence-corrected chi connectivity index (χ0v) is 38.1. The quantitative estimate of drug-likeness (QED) is 0.0831. The van der Waals surface area contributed by atoms with E-state index < -0.39 is 58.0 Å². The number of urea groups is 1. The first-order valence-corrected chi connectivity index (χ1v) is 23.3.